The summed E-state index contributed by atoms with van der Waals surface area (Å²) in [7, 11) is 0. The number of hydrogen-bond donors (Lipinski definition) is 0. The van der Waals surface area contributed by atoms with E-state index < -0.39 is 0 Å². The second-order valence-corrected chi connectivity index (χ2v) is 8.98. The van der Waals surface area contributed by atoms with E-state index in [-0.39, 0.29) is 11.1 Å². The SMILES string of the molecule is Cc1cc(C=C2SC(=O)N(c3ccc(Cl)cc3)C2=O)c(C)n1-c1ccc(Br)cc1. The fraction of sp³-hybridized carbons (Fsp3) is 0.0909. The third kappa shape index (κ3) is 3.80. The Hall–Kier alpha value is -2.28. The predicted octanol–water partition coefficient (Wildman–Crippen LogP) is 6.75. The number of benzene rings is 2. The molecule has 1 aliphatic rings. The molecule has 3 aromatic rings. The molecule has 2 heterocycles. The largest absolute Gasteiger partial charge is 0.318 e. The lowest BCUT2D eigenvalue weighted by Crippen LogP contribution is -2.27. The monoisotopic (exact) mass is 486 g/mol. The van der Waals surface area contributed by atoms with Crippen LogP contribution in [0.15, 0.2) is 64.0 Å². The van der Waals surface area contributed by atoms with Crippen LogP contribution in [0.25, 0.3) is 11.8 Å². The second-order valence-electron chi connectivity index (χ2n) is 6.63. The van der Waals surface area contributed by atoms with Gasteiger partial charge >= 0.3 is 0 Å². The number of thioether (sulfide) groups is 1. The Morgan fingerprint density at radius 2 is 1.59 bits per heavy atom. The Labute approximate surface area is 186 Å². The summed E-state index contributed by atoms with van der Waals surface area (Å²) in [6.45, 7) is 4.02. The molecule has 0 unspecified atom stereocenters. The third-order valence-corrected chi connectivity index (χ3v) is 6.37. The van der Waals surface area contributed by atoms with E-state index in [1.165, 1.54) is 4.90 Å². The van der Waals surface area contributed by atoms with Crippen LogP contribution in [0.2, 0.25) is 5.02 Å². The highest BCUT2D eigenvalue weighted by atomic mass is 79.9. The van der Waals surface area contributed by atoms with Gasteiger partial charge in [0.1, 0.15) is 0 Å². The highest BCUT2D eigenvalue weighted by Gasteiger charge is 2.36. The van der Waals surface area contributed by atoms with Gasteiger partial charge in [0, 0.05) is 26.6 Å². The average Bonchev–Trinajstić information content (AvgIpc) is 3.12. The number of anilines is 1. The van der Waals surface area contributed by atoms with Crippen LogP contribution in [0.4, 0.5) is 10.5 Å². The minimum atomic E-state index is -0.323. The summed E-state index contributed by atoms with van der Waals surface area (Å²) in [6, 6.07) is 16.7. The van der Waals surface area contributed by atoms with Gasteiger partial charge in [0.2, 0.25) is 0 Å². The van der Waals surface area contributed by atoms with E-state index in [4.69, 9.17) is 11.6 Å². The number of aryl methyl sites for hydroxylation is 1. The maximum Gasteiger partial charge on any atom is 0.298 e. The molecule has 0 N–H and O–H groups in total. The highest BCUT2D eigenvalue weighted by Crippen LogP contribution is 2.37. The van der Waals surface area contributed by atoms with Crippen LogP contribution >= 0.6 is 39.3 Å². The molecule has 0 bridgehead atoms. The van der Waals surface area contributed by atoms with E-state index >= 15 is 0 Å². The number of imide groups is 1. The number of hydrogen-bond acceptors (Lipinski definition) is 3. The topological polar surface area (TPSA) is 42.3 Å². The normalized spacial score (nSPS) is 15.6. The van der Waals surface area contributed by atoms with Crippen molar-refractivity contribution in [3.8, 4) is 5.69 Å². The summed E-state index contributed by atoms with van der Waals surface area (Å²) in [5.74, 6) is -0.323. The number of carbonyl (C=O) groups is 2. The molecular formula is C22H16BrClN2O2S. The second kappa shape index (κ2) is 7.86. The van der Waals surface area contributed by atoms with Crippen molar-refractivity contribution < 1.29 is 9.59 Å². The van der Waals surface area contributed by atoms with Crippen LogP contribution in [0.1, 0.15) is 17.0 Å². The van der Waals surface area contributed by atoms with Crippen molar-refractivity contribution in [1.29, 1.82) is 0 Å². The van der Waals surface area contributed by atoms with Crippen LogP contribution in [-0.4, -0.2) is 15.7 Å². The summed E-state index contributed by atoms with van der Waals surface area (Å²) in [5, 5.41) is 0.238. The zero-order valence-corrected chi connectivity index (χ0v) is 18.8. The standard InChI is InChI=1S/C22H16BrClN2O2S/c1-13-11-15(14(2)25(13)18-7-3-16(23)4-8-18)12-20-21(27)26(22(28)29-20)19-9-5-17(24)6-10-19/h3-12H,1-2H3. The third-order valence-electron chi connectivity index (χ3n) is 4.72. The lowest BCUT2D eigenvalue weighted by molar-refractivity contribution is -0.113. The fourth-order valence-corrected chi connectivity index (χ4v) is 4.57. The number of halogens is 2. The van der Waals surface area contributed by atoms with Crippen LogP contribution in [-0.2, 0) is 4.79 Å². The summed E-state index contributed by atoms with van der Waals surface area (Å²) >= 11 is 10.3. The van der Waals surface area contributed by atoms with Crippen LogP contribution in [0.5, 0.6) is 0 Å². The van der Waals surface area contributed by atoms with E-state index in [0.29, 0.717) is 15.6 Å². The van der Waals surface area contributed by atoms with E-state index in [9.17, 15) is 9.59 Å². The van der Waals surface area contributed by atoms with Crippen molar-refractivity contribution in [3.63, 3.8) is 0 Å². The zero-order chi connectivity index (χ0) is 20.7. The summed E-state index contributed by atoms with van der Waals surface area (Å²) in [4.78, 5) is 26.9. The molecule has 2 aromatic carbocycles. The number of aromatic nitrogens is 1. The molecule has 7 heteroatoms. The van der Waals surface area contributed by atoms with Crippen molar-refractivity contribution in [2.75, 3.05) is 4.90 Å². The first-order chi connectivity index (χ1) is 13.8. The molecule has 4 rings (SSSR count). The Bertz CT molecular complexity index is 1150. The van der Waals surface area contributed by atoms with Crippen molar-refractivity contribution in [1.82, 2.24) is 4.57 Å². The van der Waals surface area contributed by atoms with Crippen molar-refractivity contribution in [2.24, 2.45) is 0 Å². The zero-order valence-electron chi connectivity index (χ0n) is 15.6. The Morgan fingerprint density at radius 3 is 2.24 bits per heavy atom. The molecule has 1 aliphatic heterocycles. The van der Waals surface area contributed by atoms with Crippen molar-refractivity contribution >= 4 is 62.2 Å². The molecule has 0 saturated carbocycles. The number of rotatable bonds is 3. The van der Waals surface area contributed by atoms with Gasteiger partial charge in [0.05, 0.1) is 10.6 Å². The van der Waals surface area contributed by atoms with E-state index in [1.54, 1.807) is 30.3 Å². The molecule has 146 valence electrons. The van der Waals surface area contributed by atoms with Gasteiger partial charge in [-0.15, -0.1) is 0 Å². The first-order valence-electron chi connectivity index (χ1n) is 8.83. The van der Waals surface area contributed by atoms with E-state index in [2.05, 4.69) is 20.5 Å². The molecule has 1 saturated heterocycles. The predicted molar refractivity (Wildman–Crippen MR) is 123 cm³/mol. The Balaban J connectivity index is 1.69. The summed E-state index contributed by atoms with van der Waals surface area (Å²) in [5.41, 5.74) is 4.51. The van der Waals surface area contributed by atoms with Gasteiger partial charge in [-0.3, -0.25) is 9.59 Å². The average molecular weight is 488 g/mol. The van der Waals surface area contributed by atoms with Gasteiger partial charge in [0.15, 0.2) is 0 Å². The lowest BCUT2D eigenvalue weighted by atomic mass is 10.2. The molecule has 2 amide bonds. The molecule has 4 nitrogen and oxygen atoms in total. The minimum absolute atomic E-state index is 0.315. The van der Waals surface area contributed by atoms with Gasteiger partial charge in [-0.05, 0) is 91.8 Å². The van der Waals surface area contributed by atoms with E-state index in [1.807, 2.05) is 44.2 Å². The Kier molecular flexibility index (Phi) is 5.42. The van der Waals surface area contributed by atoms with Gasteiger partial charge in [-0.2, -0.15) is 0 Å². The van der Waals surface area contributed by atoms with Crippen molar-refractivity contribution in [3.05, 3.63) is 85.9 Å². The van der Waals surface area contributed by atoms with E-state index in [0.717, 1.165) is 38.9 Å². The molecule has 0 radical (unpaired) electrons. The smallest absolute Gasteiger partial charge is 0.298 e. The molecule has 1 fully saturated rings. The van der Waals surface area contributed by atoms with Gasteiger partial charge in [-0.25, -0.2) is 4.90 Å². The molecule has 29 heavy (non-hydrogen) atoms. The molecule has 1 aromatic heterocycles. The lowest BCUT2D eigenvalue weighted by Gasteiger charge is -2.12. The van der Waals surface area contributed by atoms with Crippen LogP contribution < -0.4 is 4.90 Å². The van der Waals surface area contributed by atoms with Crippen molar-refractivity contribution in [2.45, 2.75) is 13.8 Å². The molecular weight excluding hydrogens is 472 g/mol. The highest BCUT2D eigenvalue weighted by molar-refractivity contribution is 9.10. The summed E-state index contributed by atoms with van der Waals surface area (Å²) in [6.07, 6.45) is 1.79. The Morgan fingerprint density at radius 1 is 0.966 bits per heavy atom. The van der Waals surface area contributed by atoms with Crippen LogP contribution in [0.3, 0.4) is 0 Å². The maximum atomic E-state index is 12.9. The van der Waals surface area contributed by atoms with Gasteiger partial charge < -0.3 is 4.57 Å². The quantitative estimate of drug-likeness (QED) is 0.384. The molecule has 0 atom stereocenters. The van der Waals surface area contributed by atoms with Crippen LogP contribution in [0, 0.1) is 13.8 Å². The fourth-order valence-electron chi connectivity index (χ4n) is 3.34. The minimum Gasteiger partial charge on any atom is -0.318 e. The van der Waals surface area contributed by atoms with Gasteiger partial charge in [-0.1, -0.05) is 27.5 Å². The molecule has 0 aliphatic carbocycles. The first kappa shape index (κ1) is 20.0. The first-order valence-corrected chi connectivity index (χ1v) is 10.8. The van der Waals surface area contributed by atoms with Gasteiger partial charge in [0.25, 0.3) is 11.1 Å². The number of nitrogens with zero attached hydrogens (tertiary/aromatic N) is 2. The maximum absolute atomic E-state index is 12.9. The number of amides is 2. The number of carbonyl (C=O) groups excluding carboxylic acids is 2. The summed E-state index contributed by atoms with van der Waals surface area (Å²) < 4.78 is 3.14. The molecule has 0 spiro atoms.